The van der Waals surface area contributed by atoms with E-state index in [1.165, 1.54) is 0 Å². The standard InChI is InChI=1S/C36H30O4Si2/c1-41(27-17-7-3-8-18-27,28-19-9-4-10-20-28)39-35-33(37)31-25-15-16-26-32(31)34(38)36(35)40-42(2,29-21-11-5-12-22-29)30-23-13-6-14-24-30/h3-26H,1-2H3. The molecule has 0 aliphatic heterocycles. The molecule has 0 atom stereocenters. The minimum atomic E-state index is -3.05. The lowest BCUT2D eigenvalue weighted by molar-refractivity contribution is 0.0895. The Hall–Kier alpha value is -4.79. The van der Waals surface area contributed by atoms with Gasteiger partial charge in [-0.15, -0.1) is 0 Å². The van der Waals surface area contributed by atoms with Crippen molar-refractivity contribution in [2.24, 2.45) is 0 Å². The molecule has 0 N–H and O–H groups in total. The van der Waals surface area contributed by atoms with Crippen molar-refractivity contribution in [2.75, 3.05) is 0 Å². The second-order valence-electron chi connectivity index (χ2n) is 10.6. The number of fused-ring (bicyclic) bond motifs is 1. The van der Waals surface area contributed by atoms with E-state index in [2.05, 4.69) is 13.1 Å². The van der Waals surface area contributed by atoms with Gasteiger partial charge in [-0.2, -0.15) is 0 Å². The summed E-state index contributed by atoms with van der Waals surface area (Å²) in [6.07, 6.45) is 0. The highest BCUT2D eigenvalue weighted by Gasteiger charge is 2.46. The molecule has 6 heteroatoms. The van der Waals surface area contributed by atoms with Gasteiger partial charge in [-0.3, -0.25) is 9.59 Å². The third kappa shape index (κ3) is 4.85. The molecule has 0 heterocycles. The second kappa shape index (κ2) is 11.2. The first kappa shape index (κ1) is 27.4. The molecule has 1 aliphatic carbocycles. The molecule has 0 saturated carbocycles. The van der Waals surface area contributed by atoms with E-state index in [9.17, 15) is 9.59 Å². The van der Waals surface area contributed by atoms with Crippen molar-refractivity contribution in [3.63, 3.8) is 0 Å². The van der Waals surface area contributed by atoms with Gasteiger partial charge in [-0.25, -0.2) is 0 Å². The first-order chi connectivity index (χ1) is 20.4. The number of allylic oxidation sites excluding steroid dienone is 2. The Morgan fingerprint density at radius 1 is 0.381 bits per heavy atom. The predicted molar refractivity (Wildman–Crippen MR) is 172 cm³/mol. The Kier molecular flexibility index (Phi) is 7.33. The molecule has 0 amide bonds. The normalized spacial score (nSPS) is 13.5. The molecule has 4 nitrogen and oxygen atoms in total. The summed E-state index contributed by atoms with van der Waals surface area (Å²) in [6.45, 7) is 4.12. The van der Waals surface area contributed by atoms with Crippen LogP contribution in [0.2, 0.25) is 13.1 Å². The number of ketones is 2. The zero-order chi connectivity index (χ0) is 29.2. The highest BCUT2D eigenvalue weighted by molar-refractivity contribution is 6.97. The van der Waals surface area contributed by atoms with Crippen molar-refractivity contribution in [3.05, 3.63) is 168 Å². The van der Waals surface area contributed by atoms with E-state index < -0.39 is 16.6 Å². The monoisotopic (exact) mass is 582 g/mol. The summed E-state index contributed by atoms with van der Waals surface area (Å²) < 4.78 is 13.9. The molecule has 0 radical (unpaired) electrons. The van der Waals surface area contributed by atoms with E-state index in [0.717, 1.165) is 20.7 Å². The number of hydrogen-bond donors (Lipinski definition) is 0. The fraction of sp³-hybridized carbons (Fsp3) is 0.0556. The molecule has 0 aromatic heterocycles. The van der Waals surface area contributed by atoms with Gasteiger partial charge in [0.25, 0.3) is 0 Å². The van der Waals surface area contributed by atoms with E-state index in [-0.39, 0.29) is 23.1 Å². The molecule has 6 rings (SSSR count). The summed E-state index contributed by atoms with van der Waals surface area (Å²) in [7, 11) is -6.11. The zero-order valence-corrected chi connectivity index (χ0v) is 25.5. The van der Waals surface area contributed by atoms with Gasteiger partial charge < -0.3 is 8.85 Å². The fourth-order valence-corrected chi connectivity index (χ4v) is 11.2. The number of Topliss-reactive ketones (excluding diaryl/α,β-unsaturated/α-hetero) is 2. The lowest BCUT2D eigenvalue weighted by Gasteiger charge is -2.35. The van der Waals surface area contributed by atoms with Gasteiger partial charge in [0.05, 0.1) is 0 Å². The van der Waals surface area contributed by atoms with E-state index >= 15 is 0 Å². The molecule has 5 aromatic rings. The summed E-state index contributed by atoms with van der Waals surface area (Å²) in [5, 5.41) is 3.92. The van der Waals surface area contributed by atoms with Gasteiger partial charge in [0.1, 0.15) is 0 Å². The van der Waals surface area contributed by atoms with E-state index in [1.807, 2.05) is 121 Å². The summed E-state index contributed by atoms with van der Waals surface area (Å²) >= 11 is 0. The zero-order valence-electron chi connectivity index (χ0n) is 23.5. The topological polar surface area (TPSA) is 52.6 Å². The predicted octanol–water partition coefficient (Wildman–Crippen LogP) is 5.09. The molecule has 5 aromatic carbocycles. The average molecular weight is 583 g/mol. The smallest absolute Gasteiger partial charge is 0.312 e. The number of benzene rings is 5. The van der Waals surface area contributed by atoms with Crippen molar-refractivity contribution in [3.8, 4) is 0 Å². The van der Waals surface area contributed by atoms with Gasteiger partial charge in [0.2, 0.25) is 11.6 Å². The van der Waals surface area contributed by atoms with Crippen LogP contribution < -0.4 is 20.7 Å². The molecule has 1 aliphatic rings. The van der Waals surface area contributed by atoms with Gasteiger partial charge in [0.15, 0.2) is 11.5 Å². The van der Waals surface area contributed by atoms with Gasteiger partial charge in [0, 0.05) is 11.1 Å². The molecular weight excluding hydrogens is 553 g/mol. The number of carbonyl (C=O) groups is 2. The first-order valence-electron chi connectivity index (χ1n) is 13.9. The Bertz CT molecular complexity index is 1560. The maximum Gasteiger partial charge on any atom is 0.312 e. The summed E-state index contributed by atoms with van der Waals surface area (Å²) in [5.74, 6) is -0.733. The van der Waals surface area contributed by atoms with Gasteiger partial charge >= 0.3 is 16.6 Å². The summed E-state index contributed by atoms with van der Waals surface area (Å²) in [5.41, 5.74) is 0.648. The average Bonchev–Trinajstić information content (AvgIpc) is 3.06. The molecule has 0 bridgehead atoms. The summed E-state index contributed by atoms with van der Waals surface area (Å²) in [4.78, 5) is 28.6. The van der Waals surface area contributed by atoms with Gasteiger partial charge in [-0.1, -0.05) is 146 Å². The fourth-order valence-electron chi connectivity index (χ4n) is 5.52. The van der Waals surface area contributed by atoms with Crippen LogP contribution in [0.1, 0.15) is 20.7 Å². The molecule has 42 heavy (non-hydrogen) atoms. The molecular formula is C36H30O4Si2. The maximum atomic E-state index is 14.3. The van der Waals surface area contributed by atoms with Crippen LogP contribution >= 0.6 is 0 Å². The SMILES string of the molecule is C[Si](OC1=C(O[Si](C)(c2ccccc2)c2ccccc2)C(=O)c2ccccc2C1=O)(c1ccccc1)c1ccccc1. The maximum absolute atomic E-state index is 14.3. The van der Waals surface area contributed by atoms with Crippen LogP contribution in [-0.4, -0.2) is 28.2 Å². The third-order valence-corrected chi connectivity index (χ3v) is 14.9. The molecule has 0 unspecified atom stereocenters. The van der Waals surface area contributed by atoms with Crippen molar-refractivity contribution < 1.29 is 18.4 Å². The molecule has 0 spiro atoms. The van der Waals surface area contributed by atoms with Crippen molar-refractivity contribution >= 4 is 48.9 Å². The first-order valence-corrected chi connectivity index (χ1v) is 18.8. The lowest BCUT2D eigenvalue weighted by Crippen LogP contribution is -2.60. The number of carbonyl (C=O) groups excluding carboxylic acids is 2. The lowest BCUT2D eigenvalue weighted by atomic mass is 9.92. The molecule has 0 saturated heterocycles. The Morgan fingerprint density at radius 2 is 0.619 bits per heavy atom. The number of hydrogen-bond acceptors (Lipinski definition) is 4. The largest absolute Gasteiger partial charge is 0.530 e. The van der Waals surface area contributed by atoms with Crippen LogP contribution in [0.5, 0.6) is 0 Å². The van der Waals surface area contributed by atoms with Crippen LogP contribution in [0.25, 0.3) is 0 Å². The van der Waals surface area contributed by atoms with Crippen molar-refractivity contribution in [1.82, 2.24) is 0 Å². The quantitative estimate of drug-likeness (QED) is 0.239. The Morgan fingerprint density at radius 3 is 0.881 bits per heavy atom. The van der Waals surface area contributed by atoms with E-state index in [1.54, 1.807) is 24.3 Å². The third-order valence-electron chi connectivity index (χ3n) is 7.95. The van der Waals surface area contributed by atoms with Crippen LogP contribution in [0.4, 0.5) is 0 Å². The van der Waals surface area contributed by atoms with Crippen molar-refractivity contribution in [2.45, 2.75) is 13.1 Å². The van der Waals surface area contributed by atoms with E-state index in [4.69, 9.17) is 8.85 Å². The Balaban J connectivity index is 1.58. The van der Waals surface area contributed by atoms with Crippen molar-refractivity contribution in [1.29, 1.82) is 0 Å². The second-order valence-corrected chi connectivity index (χ2v) is 17.4. The van der Waals surface area contributed by atoms with Crippen LogP contribution in [0.3, 0.4) is 0 Å². The summed E-state index contributed by atoms with van der Waals surface area (Å²) in [6, 6.07) is 46.7. The minimum absolute atomic E-state index is 0.0221. The van der Waals surface area contributed by atoms with Crippen LogP contribution in [0.15, 0.2) is 157 Å². The molecule has 206 valence electrons. The highest BCUT2D eigenvalue weighted by Crippen LogP contribution is 2.31. The molecule has 0 fully saturated rings. The van der Waals surface area contributed by atoms with Gasteiger partial charge in [-0.05, 0) is 33.8 Å². The highest BCUT2D eigenvalue weighted by atomic mass is 28.4. The Labute approximate surface area is 248 Å². The van der Waals surface area contributed by atoms with Crippen LogP contribution in [0, 0.1) is 0 Å². The number of rotatable bonds is 8. The van der Waals surface area contributed by atoms with Crippen LogP contribution in [-0.2, 0) is 8.85 Å². The minimum Gasteiger partial charge on any atom is -0.530 e. The van der Waals surface area contributed by atoms with E-state index in [0.29, 0.717) is 11.1 Å².